The van der Waals surface area contributed by atoms with Gasteiger partial charge in [-0.1, -0.05) is 120 Å². The van der Waals surface area contributed by atoms with Crippen LogP contribution in [0.2, 0.25) is 0 Å². The van der Waals surface area contributed by atoms with Gasteiger partial charge in [-0.3, -0.25) is 9.59 Å². The van der Waals surface area contributed by atoms with Gasteiger partial charge in [0.15, 0.2) is 5.78 Å². The van der Waals surface area contributed by atoms with E-state index in [0.29, 0.717) is 12.3 Å². The third-order valence-corrected chi connectivity index (χ3v) is 6.81. The maximum absolute atomic E-state index is 12.9. The number of benzene rings is 2. The fourth-order valence-electron chi connectivity index (χ4n) is 4.72. The summed E-state index contributed by atoms with van der Waals surface area (Å²) in [5.74, 6) is 0.446. The summed E-state index contributed by atoms with van der Waals surface area (Å²) >= 11 is 0. The van der Waals surface area contributed by atoms with E-state index in [1.165, 1.54) is 76.7 Å². The van der Waals surface area contributed by atoms with E-state index in [9.17, 15) is 9.59 Å². The van der Waals surface area contributed by atoms with E-state index in [2.05, 4.69) is 6.92 Å². The van der Waals surface area contributed by atoms with Crippen LogP contribution in [0.4, 0.5) is 0 Å². The second-order valence-electron chi connectivity index (χ2n) is 9.94. The van der Waals surface area contributed by atoms with E-state index in [1.807, 2.05) is 60.7 Å². The van der Waals surface area contributed by atoms with Gasteiger partial charge in [-0.25, -0.2) is 9.36 Å². The number of carbonyl (C=O) groups excluding carboxylic acids is 1. The van der Waals surface area contributed by atoms with Gasteiger partial charge in [0.2, 0.25) is 5.88 Å². The standard InChI is InChI=1S/C32H44N2O3/c1-2-3-4-5-6-7-8-9-10-11-12-13-20-25-30(35)27-37-32-26-31(36)33(28-21-16-14-17-22-28)34(32)29-23-18-15-19-24-29/h14-19,21-24,26H,2-13,20,25,27H2,1H3. The first-order valence-corrected chi connectivity index (χ1v) is 14.3. The van der Waals surface area contributed by atoms with E-state index in [-0.39, 0.29) is 17.9 Å². The van der Waals surface area contributed by atoms with Crippen LogP contribution < -0.4 is 10.3 Å². The molecule has 0 fully saturated rings. The zero-order valence-corrected chi connectivity index (χ0v) is 22.6. The van der Waals surface area contributed by atoms with E-state index in [1.54, 1.807) is 9.36 Å². The van der Waals surface area contributed by atoms with E-state index < -0.39 is 0 Å². The Balaban J connectivity index is 1.39. The van der Waals surface area contributed by atoms with Crippen LogP contribution in [-0.2, 0) is 4.79 Å². The molecule has 0 saturated heterocycles. The third kappa shape index (κ3) is 9.71. The Morgan fingerprint density at radius 2 is 1.11 bits per heavy atom. The van der Waals surface area contributed by atoms with Gasteiger partial charge in [0.25, 0.3) is 5.56 Å². The number of rotatable bonds is 19. The molecular formula is C32H44N2O3. The predicted octanol–water partition coefficient (Wildman–Crippen LogP) is 8.06. The minimum absolute atomic E-state index is 0.0245. The number of ether oxygens (including phenoxy) is 1. The topological polar surface area (TPSA) is 53.2 Å². The number of hydrogen-bond donors (Lipinski definition) is 0. The highest BCUT2D eigenvalue weighted by Gasteiger charge is 2.16. The van der Waals surface area contributed by atoms with Crippen molar-refractivity contribution in [2.24, 2.45) is 0 Å². The summed E-state index contributed by atoms with van der Waals surface area (Å²) in [5, 5.41) is 0. The average Bonchev–Trinajstić information content (AvgIpc) is 3.27. The van der Waals surface area contributed by atoms with Gasteiger partial charge in [-0.2, -0.15) is 0 Å². The minimum Gasteiger partial charge on any atom is -0.470 e. The van der Waals surface area contributed by atoms with Crippen molar-refractivity contribution in [1.29, 1.82) is 0 Å². The molecule has 0 saturated carbocycles. The Kier molecular flexibility index (Phi) is 12.8. The van der Waals surface area contributed by atoms with Gasteiger partial charge in [0, 0.05) is 6.42 Å². The molecule has 0 aliphatic rings. The van der Waals surface area contributed by atoms with Gasteiger partial charge in [0.1, 0.15) is 6.61 Å². The molecular weight excluding hydrogens is 460 g/mol. The molecule has 0 spiro atoms. The fourth-order valence-corrected chi connectivity index (χ4v) is 4.72. The van der Waals surface area contributed by atoms with Crippen molar-refractivity contribution in [3.63, 3.8) is 0 Å². The molecule has 3 rings (SSSR count). The number of carbonyl (C=O) groups is 1. The number of unbranched alkanes of at least 4 members (excludes halogenated alkanes) is 12. The number of aromatic nitrogens is 2. The summed E-state index contributed by atoms with van der Waals surface area (Å²) < 4.78 is 9.20. The Bertz CT molecular complexity index is 1090. The number of Topliss-reactive ketones (excluding diaryl/α,β-unsaturated/α-hetero) is 1. The van der Waals surface area contributed by atoms with Gasteiger partial charge in [0.05, 0.1) is 17.4 Å². The molecule has 5 nitrogen and oxygen atoms in total. The lowest BCUT2D eigenvalue weighted by molar-refractivity contribution is -0.121. The van der Waals surface area contributed by atoms with Crippen molar-refractivity contribution in [1.82, 2.24) is 9.36 Å². The van der Waals surface area contributed by atoms with Crippen LogP contribution >= 0.6 is 0 Å². The summed E-state index contributed by atoms with van der Waals surface area (Å²) in [7, 11) is 0. The molecule has 0 aliphatic carbocycles. The third-order valence-electron chi connectivity index (χ3n) is 6.81. The molecule has 0 unspecified atom stereocenters. The smallest absolute Gasteiger partial charge is 0.275 e. The van der Waals surface area contributed by atoms with Crippen LogP contribution in [0.1, 0.15) is 96.8 Å². The van der Waals surface area contributed by atoms with Crippen LogP contribution in [0.25, 0.3) is 11.4 Å². The lowest BCUT2D eigenvalue weighted by atomic mass is 10.0. The molecule has 37 heavy (non-hydrogen) atoms. The first-order chi connectivity index (χ1) is 18.2. The summed E-state index contributed by atoms with van der Waals surface area (Å²) in [6, 6.07) is 20.5. The molecule has 1 heterocycles. The number of para-hydroxylation sites is 2. The molecule has 0 N–H and O–H groups in total. The molecule has 1 aromatic heterocycles. The highest BCUT2D eigenvalue weighted by Crippen LogP contribution is 2.20. The summed E-state index contributed by atoms with van der Waals surface area (Å²) in [6.45, 7) is 2.24. The number of nitrogens with zero attached hydrogens (tertiary/aromatic N) is 2. The van der Waals surface area contributed by atoms with Crippen LogP contribution in [0, 0.1) is 0 Å². The van der Waals surface area contributed by atoms with Crippen molar-refractivity contribution < 1.29 is 9.53 Å². The van der Waals surface area contributed by atoms with Crippen LogP contribution in [0.5, 0.6) is 5.88 Å². The van der Waals surface area contributed by atoms with E-state index in [4.69, 9.17) is 4.74 Å². The van der Waals surface area contributed by atoms with Crippen LogP contribution in [0.3, 0.4) is 0 Å². The van der Waals surface area contributed by atoms with Crippen molar-refractivity contribution in [2.45, 2.75) is 96.8 Å². The first kappa shape index (κ1) is 28.5. The predicted molar refractivity (Wildman–Crippen MR) is 152 cm³/mol. The van der Waals surface area contributed by atoms with Crippen molar-refractivity contribution in [3.05, 3.63) is 77.1 Å². The molecule has 0 bridgehead atoms. The zero-order chi connectivity index (χ0) is 26.1. The monoisotopic (exact) mass is 504 g/mol. The summed E-state index contributed by atoms with van der Waals surface area (Å²) in [6.07, 6.45) is 17.2. The fraction of sp³-hybridized carbons (Fsp3) is 0.500. The number of ketones is 1. The maximum Gasteiger partial charge on any atom is 0.275 e. The van der Waals surface area contributed by atoms with Crippen LogP contribution in [-0.4, -0.2) is 21.8 Å². The normalized spacial score (nSPS) is 11.1. The summed E-state index contributed by atoms with van der Waals surface area (Å²) in [5.41, 5.74) is 1.34. The summed E-state index contributed by atoms with van der Waals surface area (Å²) in [4.78, 5) is 25.4. The lowest BCUT2D eigenvalue weighted by Gasteiger charge is -2.15. The lowest BCUT2D eigenvalue weighted by Crippen LogP contribution is -2.20. The maximum atomic E-state index is 12.9. The highest BCUT2D eigenvalue weighted by molar-refractivity contribution is 5.79. The van der Waals surface area contributed by atoms with Gasteiger partial charge in [-0.15, -0.1) is 0 Å². The minimum atomic E-state index is -0.200. The Labute approximate surface area is 222 Å². The Hall–Kier alpha value is -3.08. The molecule has 200 valence electrons. The number of hydrogen-bond acceptors (Lipinski definition) is 3. The van der Waals surface area contributed by atoms with E-state index >= 15 is 0 Å². The molecule has 0 amide bonds. The quantitative estimate of drug-likeness (QED) is 0.155. The van der Waals surface area contributed by atoms with Gasteiger partial charge in [-0.05, 0) is 30.7 Å². The largest absolute Gasteiger partial charge is 0.470 e. The van der Waals surface area contributed by atoms with Crippen molar-refractivity contribution in [3.8, 4) is 17.3 Å². The molecule has 3 aromatic rings. The second-order valence-corrected chi connectivity index (χ2v) is 9.94. The van der Waals surface area contributed by atoms with Crippen molar-refractivity contribution in [2.75, 3.05) is 6.61 Å². The molecule has 0 aliphatic heterocycles. The average molecular weight is 505 g/mol. The molecule has 2 aromatic carbocycles. The van der Waals surface area contributed by atoms with E-state index in [0.717, 1.165) is 24.2 Å². The van der Waals surface area contributed by atoms with Gasteiger partial charge >= 0.3 is 0 Å². The molecule has 5 heteroatoms. The van der Waals surface area contributed by atoms with Gasteiger partial charge < -0.3 is 4.74 Å². The Morgan fingerprint density at radius 1 is 0.649 bits per heavy atom. The zero-order valence-electron chi connectivity index (χ0n) is 22.6. The first-order valence-electron chi connectivity index (χ1n) is 14.3. The Morgan fingerprint density at radius 3 is 1.62 bits per heavy atom. The van der Waals surface area contributed by atoms with Crippen molar-refractivity contribution >= 4 is 5.78 Å². The SMILES string of the molecule is CCCCCCCCCCCCCCCC(=O)COc1cc(=O)n(-c2ccccc2)n1-c1ccccc1. The van der Waals surface area contributed by atoms with Crippen LogP contribution in [0.15, 0.2) is 71.5 Å². The second kappa shape index (κ2) is 16.6. The molecule has 0 atom stereocenters. The highest BCUT2D eigenvalue weighted by atomic mass is 16.5. The molecule has 0 radical (unpaired) electrons.